The van der Waals surface area contributed by atoms with E-state index in [0.29, 0.717) is 0 Å². The van der Waals surface area contributed by atoms with Gasteiger partial charge in [-0.3, -0.25) is 9.59 Å². The van der Waals surface area contributed by atoms with Crippen LogP contribution in [0, 0.1) is 0 Å². The predicted molar refractivity (Wildman–Crippen MR) is 52.6 cm³/mol. The third-order valence-electron chi connectivity index (χ3n) is 1.96. The standard InChI is InChI=1S/C10H9F3N2O2/c11-10(12,13)7(15-9(17)8(14)16)6-4-2-1-3-5-6/h1-5,7H,(H2,14,16)(H,15,17). The molecular weight excluding hydrogens is 237 g/mol. The molecule has 0 aliphatic heterocycles. The lowest BCUT2D eigenvalue weighted by Crippen LogP contribution is -2.43. The summed E-state index contributed by atoms with van der Waals surface area (Å²) in [6.45, 7) is 0. The predicted octanol–water partition coefficient (Wildman–Crippen LogP) is 0.892. The van der Waals surface area contributed by atoms with Crippen LogP contribution < -0.4 is 11.1 Å². The molecule has 1 rings (SSSR count). The van der Waals surface area contributed by atoms with Crippen LogP contribution in [-0.4, -0.2) is 18.0 Å². The van der Waals surface area contributed by atoms with E-state index >= 15 is 0 Å². The van der Waals surface area contributed by atoms with Gasteiger partial charge in [-0.15, -0.1) is 0 Å². The first-order valence-electron chi connectivity index (χ1n) is 4.54. The molecular formula is C10H9F3N2O2. The molecule has 2 amide bonds. The summed E-state index contributed by atoms with van der Waals surface area (Å²) in [5.74, 6) is -2.94. The summed E-state index contributed by atoms with van der Waals surface area (Å²) in [5, 5.41) is 1.53. The lowest BCUT2D eigenvalue weighted by Gasteiger charge is -2.21. The van der Waals surface area contributed by atoms with Gasteiger partial charge in [-0.25, -0.2) is 0 Å². The normalized spacial score (nSPS) is 12.9. The number of nitrogens with two attached hydrogens (primary N) is 1. The van der Waals surface area contributed by atoms with Crippen molar-refractivity contribution in [2.45, 2.75) is 12.2 Å². The van der Waals surface area contributed by atoms with Crippen molar-refractivity contribution in [3.8, 4) is 0 Å². The van der Waals surface area contributed by atoms with E-state index in [1.165, 1.54) is 35.6 Å². The minimum absolute atomic E-state index is 0.172. The Kier molecular flexibility index (Phi) is 3.72. The van der Waals surface area contributed by atoms with Crippen LogP contribution in [0.5, 0.6) is 0 Å². The van der Waals surface area contributed by atoms with Gasteiger partial charge in [-0.1, -0.05) is 30.3 Å². The molecule has 3 N–H and O–H groups in total. The highest BCUT2D eigenvalue weighted by Gasteiger charge is 2.42. The molecule has 0 bridgehead atoms. The van der Waals surface area contributed by atoms with Crippen molar-refractivity contribution in [2.75, 3.05) is 0 Å². The zero-order chi connectivity index (χ0) is 13.1. The molecule has 7 heteroatoms. The summed E-state index contributed by atoms with van der Waals surface area (Å²) < 4.78 is 38.0. The van der Waals surface area contributed by atoms with E-state index in [0.717, 1.165) is 0 Å². The van der Waals surface area contributed by atoms with Crippen LogP contribution >= 0.6 is 0 Å². The van der Waals surface area contributed by atoms with E-state index in [2.05, 4.69) is 5.73 Å². The van der Waals surface area contributed by atoms with Gasteiger partial charge in [0, 0.05) is 0 Å². The van der Waals surface area contributed by atoms with Crippen molar-refractivity contribution in [3.63, 3.8) is 0 Å². The van der Waals surface area contributed by atoms with Crippen molar-refractivity contribution in [1.29, 1.82) is 0 Å². The van der Waals surface area contributed by atoms with Gasteiger partial charge in [0.15, 0.2) is 6.04 Å². The second-order valence-electron chi connectivity index (χ2n) is 3.22. The van der Waals surface area contributed by atoms with Crippen molar-refractivity contribution in [1.82, 2.24) is 5.32 Å². The van der Waals surface area contributed by atoms with Gasteiger partial charge in [-0.2, -0.15) is 13.2 Å². The van der Waals surface area contributed by atoms with E-state index in [4.69, 9.17) is 0 Å². The number of amides is 2. The summed E-state index contributed by atoms with van der Waals surface area (Å²) in [6, 6.07) is 4.46. The molecule has 0 aliphatic carbocycles. The first-order chi connectivity index (χ1) is 7.82. The third kappa shape index (κ3) is 3.47. The van der Waals surface area contributed by atoms with Gasteiger partial charge >= 0.3 is 18.0 Å². The van der Waals surface area contributed by atoms with Gasteiger partial charge in [0.05, 0.1) is 0 Å². The molecule has 1 aromatic carbocycles. The lowest BCUT2D eigenvalue weighted by molar-refractivity contribution is -0.164. The Labute approximate surface area is 94.6 Å². The van der Waals surface area contributed by atoms with Crippen molar-refractivity contribution >= 4 is 11.8 Å². The van der Waals surface area contributed by atoms with E-state index < -0.39 is 24.0 Å². The van der Waals surface area contributed by atoms with Crippen molar-refractivity contribution < 1.29 is 22.8 Å². The zero-order valence-corrected chi connectivity index (χ0v) is 8.49. The average molecular weight is 246 g/mol. The third-order valence-corrected chi connectivity index (χ3v) is 1.96. The molecule has 4 nitrogen and oxygen atoms in total. The van der Waals surface area contributed by atoms with Gasteiger partial charge in [0.2, 0.25) is 0 Å². The molecule has 0 heterocycles. The Balaban J connectivity index is 2.98. The maximum absolute atomic E-state index is 12.7. The highest BCUT2D eigenvalue weighted by molar-refractivity contribution is 6.34. The molecule has 0 saturated carbocycles. The first-order valence-corrected chi connectivity index (χ1v) is 4.54. The Morgan fingerprint density at radius 1 is 1.18 bits per heavy atom. The lowest BCUT2D eigenvalue weighted by atomic mass is 10.1. The van der Waals surface area contributed by atoms with Crippen LogP contribution in [0.1, 0.15) is 11.6 Å². The summed E-state index contributed by atoms with van der Waals surface area (Å²) in [5.41, 5.74) is 4.42. The minimum Gasteiger partial charge on any atom is -0.361 e. The fourth-order valence-electron chi connectivity index (χ4n) is 1.20. The fourth-order valence-corrected chi connectivity index (χ4v) is 1.20. The number of halogens is 3. The van der Waals surface area contributed by atoms with E-state index in [-0.39, 0.29) is 5.56 Å². The molecule has 0 spiro atoms. The number of rotatable bonds is 2. The largest absolute Gasteiger partial charge is 0.412 e. The van der Waals surface area contributed by atoms with Crippen LogP contribution in [0.3, 0.4) is 0 Å². The quantitative estimate of drug-likeness (QED) is 0.761. The molecule has 1 unspecified atom stereocenters. The summed E-state index contributed by atoms with van der Waals surface area (Å²) in [4.78, 5) is 21.3. The Hall–Kier alpha value is -2.05. The van der Waals surface area contributed by atoms with E-state index in [9.17, 15) is 22.8 Å². The average Bonchev–Trinajstić information content (AvgIpc) is 2.25. The topological polar surface area (TPSA) is 72.2 Å². The number of carbonyl (C=O) groups excluding carboxylic acids is 2. The summed E-state index contributed by atoms with van der Waals surface area (Å²) in [7, 11) is 0. The van der Waals surface area contributed by atoms with Gasteiger partial charge in [0.25, 0.3) is 0 Å². The molecule has 1 aromatic rings. The molecule has 0 saturated heterocycles. The highest BCUT2D eigenvalue weighted by atomic mass is 19.4. The maximum Gasteiger partial charge on any atom is 0.412 e. The number of benzene rings is 1. The minimum atomic E-state index is -4.70. The van der Waals surface area contributed by atoms with Crippen molar-refractivity contribution in [2.24, 2.45) is 5.73 Å². The zero-order valence-electron chi connectivity index (χ0n) is 8.49. The Bertz CT molecular complexity index is 417. The number of carbonyl (C=O) groups is 2. The molecule has 1 atom stereocenters. The second kappa shape index (κ2) is 4.86. The van der Waals surface area contributed by atoms with Crippen LogP contribution in [0.4, 0.5) is 13.2 Å². The van der Waals surface area contributed by atoms with E-state index in [1.54, 1.807) is 0 Å². The van der Waals surface area contributed by atoms with Crippen LogP contribution in [0.2, 0.25) is 0 Å². The molecule has 0 radical (unpaired) electrons. The number of primary amides is 1. The van der Waals surface area contributed by atoms with Crippen molar-refractivity contribution in [3.05, 3.63) is 35.9 Å². The number of hydrogen-bond donors (Lipinski definition) is 2. The van der Waals surface area contributed by atoms with Crippen LogP contribution in [-0.2, 0) is 9.59 Å². The molecule has 17 heavy (non-hydrogen) atoms. The Morgan fingerprint density at radius 2 is 1.71 bits per heavy atom. The number of nitrogens with one attached hydrogen (secondary N) is 1. The van der Waals surface area contributed by atoms with E-state index in [1.807, 2.05) is 0 Å². The molecule has 0 aromatic heterocycles. The highest BCUT2D eigenvalue weighted by Crippen LogP contribution is 2.32. The summed E-state index contributed by atoms with van der Waals surface area (Å²) >= 11 is 0. The number of hydrogen-bond acceptors (Lipinski definition) is 2. The van der Waals surface area contributed by atoms with Gasteiger partial charge in [0.1, 0.15) is 0 Å². The molecule has 0 fully saturated rings. The fraction of sp³-hybridized carbons (Fsp3) is 0.200. The van der Waals surface area contributed by atoms with Gasteiger partial charge in [-0.05, 0) is 5.56 Å². The Morgan fingerprint density at radius 3 is 2.12 bits per heavy atom. The van der Waals surface area contributed by atoms with Crippen LogP contribution in [0.25, 0.3) is 0 Å². The maximum atomic E-state index is 12.7. The smallest absolute Gasteiger partial charge is 0.361 e. The SMILES string of the molecule is NC(=O)C(=O)NC(c1ccccc1)C(F)(F)F. The number of alkyl halides is 3. The molecule has 92 valence electrons. The first kappa shape index (κ1) is 13.0. The summed E-state index contributed by atoms with van der Waals surface area (Å²) in [6.07, 6.45) is -4.70. The second-order valence-corrected chi connectivity index (χ2v) is 3.22. The van der Waals surface area contributed by atoms with Crippen LogP contribution in [0.15, 0.2) is 30.3 Å². The molecule has 0 aliphatic rings. The van der Waals surface area contributed by atoms with Gasteiger partial charge < -0.3 is 11.1 Å². The monoisotopic (exact) mass is 246 g/mol.